The Bertz CT molecular complexity index is 673. The fourth-order valence-corrected chi connectivity index (χ4v) is 2.73. The van der Waals surface area contributed by atoms with Gasteiger partial charge in [0, 0.05) is 25.0 Å². The highest BCUT2D eigenvalue weighted by Crippen LogP contribution is 2.20. The van der Waals surface area contributed by atoms with Crippen molar-refractivity contribution in [3.05, 3.63) is 47.3 Å². The lowest BCUT2D eigenvalue weighted by atomic mass is 10.1. The Morgan fingerprint density at radius 1 is 1.14 bits per heavy atom. The van der Waals surface area contributed by atoms with Crippen LogP contribution in [0.25, 0.3) is 0 Å². The first-order chi connectivity index (χ1) is 10.6. The van der Waals surface area contributed by atoms with E-state index in [1.54, 1.807) is 12.3 Å². The van der Waals surface area contributed by atoms with Gasteiger partial charge in [0.15, 0.2) is 0 Å². The lowest BCUT2D eigenvalue weighted by molar-refractivity contribution is 0.102. The van der Waals surface area contributed by atoms with E-state index in [9.17, 15) is 4.79 Å². The highest BCUT2D eigenvalue weighted by Gasteiger charge is 2.17. The van der Waals surface area contributed by atoms with E-state index in [0.29, 0.717) is 11.6 Å². The molecule has 0 atom stereocenters. The number of carbonyl (C=O) groups excluding carboxylic acids is 1. The van der Waals surface area contributed by atoms with Gasteiger partial charge in [0.05, 0.1) is 0 Å². The largest absolute Gasteiger partial charge is 0.341 e. The number of benzene rings is 1. The highest BCUT2D eigenvalue weighted by atomic mass is 16.1. The Labute approximate surface area is 130 Å². The highest BCUT2D eigenvalue weighted by molar-refractivity contribution is 6.03. The summed E-state index contributed by atoms with van der Waals surface area (Å²) < 4.78 is 0. The minimum atomic E-state index is -0.194. The van der Waals surface area contributed by atoms with Gasteiger partial charge in [0.2, 0.25) is 5.95 Å². The predicted octanol–water partition coefficient (Wildman–Crippen LogP) is 2.95. The molecule has 0 spiro atoms. The number of para-hydroxylation sites is 1. The normalized spacial score (nSPS) is 14.2. The number of aryl methyl sites for hydroxylation is 2. The maximum atomic E-state index is 12.5. The second-order valence-corrected chi connectivity index (χ2v) is 5.66. The van der Waals surface area contributed by atoms with Gasteiger partial charge in [-0.3, -0.25) is 4.79 Å². The first-order valence-corrected chi connectivity index (χ1v) is 7.61. The van der Waals surface area contributed by atoms with Gasteiger partial charge in [-0.1, -0.05) is 18.2 Å². The maximum Gasteiger partial charge on any atom is 0.274 e. The molecule has 2 aromatic rings. The van der Waals surface area contributed by atoms with Crippen molar-refractivity contribution in [1.82, 2.24) is 9.97 Å². The Balaban J connectivity index is 1.82. The van der Waals surface area contributed by atoms with Crippen LogP contribution in [0.1, 0.15) is 34.5 Å². The fourth-order valence-electron chi connectivity index (χ4n) is 2.73. The number of anilines is 2. The molecule has 1 aliphatic heterocycles. The molecule has 0 bridgehead atoms. The fraction of sp³-hybridized carbons (Fsp3) is 0.353. The molecule has 1 aromatic carbocycles. The number of nitrogens with zero attached hydrogens (tertiary/aromatic N) is 3. The number of amides is 1. The number of hydrogen-bond donors (Lipinski definition) is 1. The molecule has 114 valence electrons. The first kappa shape index (κ1) is 14.5. The molecular weight excluding hydrogens is 276 g/mol. The van der Waals surface area contributed by atoms with E-state index in [0.717, 1.165) is 42.7 Å². The lowest BCUT2D eigenvalue weighted by Gasteiger charge is -2.15. The summed E-state index contributed by atoms with van der Waals surface area (Å²) in [5.74, 6) is 0.451. The van der Waals surface area contributed by atoms with Crippen LogP contribution >= 0.6 is 0 Å². The summed E-state index contributed by atoms with van der Waals surface area (Å²) in [6, 6.07) is 7.61. The summed E-state index contributed by atoms with van der Waals surface area (Å²) in [4.78, 5) is 23.3. The monoisotopic (exact) mass is 296 g/mol. The Hall–Kier alpha value is -2.43. The molecule has 1 fully saturated rings. The summed E-state index contributed by atoms with van der Waals surface area (Å²) in [5, 5.41) is 2.96. The van der Waals surface area contributed by atoms with E-state index in [1.807, 2.05) is 32.0 Å². The van der Waals surface area contributed by atoms with Gasteiger partial charge in [-0.25, -0.2) is 9.97 Å². The summed E-state index contributed by atoms with van der Waals surface area (Å²) in [6.07, 6.45) is 3.96. The molecule has 5 nitrogen and oxygen atoms in total. The van der Waals surface area contributed by atoms with Gasteiger partial charge in [-0.2, -0.15) is 0 Å². The molecule has 0 radical (unpaired) electrons. The zero-order valence-electron chi connectivity index (χ0n) is 13.0. The zero-order chi connectivity index (χ0) is 15.5. The maximum absolute atomic E-state index is 12.5. The van der Waals surface area contributed by atoms with Gasteiger partial charge >= 0.3 is 0 Å². The standard InChI is InChI=1S/C17H20N4O/c1-12-6-5-7-13(2)15(12)20-16(22)14-8-9-18-17(19-14)21-10-3-4-11-21/h5-9H,3-4,10-11H2,1-2H3,(H,20,22). The third-order valence-electron chi connectivity index (χ3n) is 3.98. The van der Waals surface area contributed by atoms with Crippen LogP contribution in [0, 0.1) is 13.8 Å². The van der Waals surface area contributed by atoms with Crippen molar-refractivity contribution < 1.29 is 4.79 Å². The van der Waals surface area contributed by atoms with Crippen molar-refractivity contribution in [2.45, 2.75) is 26.7 Å². The van der Waals surface area contributed by atoms with Crippen molar-refractivity contribution in [1.29, 1.82) is 0 Å². The minimum Gasteiger partial charge on any atom is -0.341 e. The quantitative estimate of drug-likeness (QED) is 0.946. The molecule has 0 unspecified atom stereocenters. The third-order valence-corrected chi connectivity index (χ3v) is 3.98. The predicted molar refractivity (Wildman–Crippen MR) is 87.3 cm³/mol. The van der Waals surface area contributed by atoms with Gasteiger partial charge in [-0.05, 0) is 43.9 Å². The topological polar surface area (TPSA) is 58.1 Å². The molecule has 1 N–H and O–H groups in total. The molecule has 3 rings (SSSR count). The average Bonchev–Trinajstić information content (AvgIpc) is 3.05. The summed E-state index contributed by atoms with van der Waals surface area (Å²) in [7, 11) is 0. The van der Waals surface area contributed by atoms with Crippen LogP contribution < -0.4 is 10.2 Å². The second-order valence-electron chi connectivity index (χ2n) is 5.66. The molecule has 5 heteroatoms. The van der Waals surface area contributed by atoms with Gasteiger partial charge in [-0.15, -0.1) is 0 Å². The molecule has 1 saturated heterocycles. The van der Waals surface area contributed by atoms with Crippen LogP contribution in [0.2, 0.25) is 0 Å². The van der Waals surface area contributed by atoms with Crippen LogP contribution in [0.15, 0.2) is 30.5 Å². The molecule has 1 aliphatic rings. The molecule has 0 saturated carbocycles. The smallest absolute Gasteiger partial charge is 0.274 e. The molecule has 2 heterocycles. The van der Waals surface area contributed by atoms with Crippen molar-refractivity contribution in [2.24, 2.45) is 0 Å². The van der Waals surface area contributed by atoms with Crippen LogP contribution in [-0.2, 0) is 0 Å². The van der Waals surface area contributed by atoms with Crippen molar-refractivity contribution in [3.8, 4) is 0 Å². The Morgan fingerprint density at radius 2 is 1.82 bits per heavy atom. The molecule has 1 amide bonds. The van der Waals surface area contributed by atoms with E-state index in [-0.39, 0.29) is 5.91 Å². The van der Waals surface area contributed by atoms with Crippen molar-refractivity contribution in [3.63, 3.8) is 0 Å². The van der Waals surface area contributed by atoms with Crippen molar-refractivity contribution >= 4 is 17.5 Å². The Morgan fingerprint density at radius 3 is 2.50 bits per heavy atom. The van der Waals surface area contributed by atoms with E-state index in [2.05, 4.69) is 20.2 Å². The van der Waals surface area contributed by atoms with Gasteiger partial charge in [0.25, 0.3) is 5.91 Å². The number of hydrogen-bond acceptors (Lipinski definition) is 4. The Kier molecular flexibility index (Phi) is 4.04. The van der Waals surface area contributed by atoms with E-state index >= 15 is 0 Å². The summed E-state index contributed by atoms with van der Waals surface area (Å²) >= 11 is 0. The lowest BCUT2D eigenvalue weighted by Crippen LogP contribution is -2.22. The van der Waals surface area contributed by atoms with Gasteiger partial charge < -0.3 is 10.2 Å². The number of carbonyl (C=O) groups is 1. The van der Waals surface area contributed by atoms with Crippen molar-refractivity contribution in [2.75, 3.05) is 23.3 Å². The molecule has 22 heavy (non-hydrogen) atoms. The second kappa shape index (κ2) is 6.13. The summed E-state index contributed by atoms with van der Waals surface area (Å²) in [6.45, 7) is 5.89. The number of aromatic nitrogens is 2. The molecule has 1 aromatic heterocycles. The first-order valence-electron chi connectivity index (χ1n) is 7.61. The van der Waals surface area contributed by atoms with E-state index in [1.165, 1.54) is 0 Å². The summed E-state index contributed by atoms with van der Waals surface area (Å²) in [5.41, 5.74) is 3.35. The van der Waals surface area contributed by atoms with Crippen LogP contribution in [0.4, 0.5) is 11.6 Å². The van der Waals surface area contributed by atoms with E-state index in [4.69, 9.17) is 0 Å². The molecular formula is C17H20N4O. The van der Waals surface area contributed by atoms with Crippen LogP contribution in [0.5, 0.6) is 0 Å². The minimum absolute atomic E-state index is 0.194. The van der Waals surface area contributed by atoms with Gasteiger partial charge in [0.1, 0.15) is 5.69 Å². The number of rotatable bonds is 3. The van der Waals surface area contributed by atoms with Crippen LogP contribution in [-0.4, -0.2) is 29.0 Å². The SMILES string of the molecule is Cc1cccc(C)c1NC(=O)c1ccnc(N2CCCC2)n1. The third kappa shape index (κ3) is 2.93. The number of nitrogens with one attached hydrogen (secondary N) is 1. The molecule has 0 aliphatic carbocycles. The average molecular weight is 296 g/mol. The zero-order valence-corrected chi connectivity index (χ0v) is 13.0. The van der Waals surface area contributed by atoms with Crippen LogP contribution in [0.3, 0.4) is 0 Å². The van der Waals surface area contributed by atoms with E-state index < -0.39 is 0 Å².